The molecule has 0 atom stereocenters. The topological polar surface area (TPSA) is 98.7 Å². The molecular weight excluding hydrogens is 294 g/mol. The summed E-state index contributed by atoms with van der Waals surface area (Å²) in [5, 5.41) is 2.80. The van der Waals surface area contributed by atoms with Gasteiger partial charge in [-0.1, -0.05) is 13.8 Å². The van der Waals surface area contributed by atoms with E-state index in [4.69, 9.17) is 4.55 Å². The summed E-state index contributed by atoms with van der Waals surface area (Å²) in [5.74, 6) is -0.222. The van der Waals surface area contributed by atoms with Crippen molar-refractivity contribution < 1.29 is 17.8 Å². The van der Waals surface area contributed by atoms with Crippen molar-refractivity contribution in [3.63, 3.8) is 0 Å². The summed E-state index contributed by atoms with van der Waals surface area (Å²) in [4.78, 5) is 14.1. The number of carbonyl (C=O) groups excluding carboxylic acids is 1. The van der Waals surface area contributed by atoms with Crippen LogP contribution < -0.4 is 10.0 Å². The fourth-order valence-electron chi connectivity index (χ4n) is 1.81. The summed E-state index contributed by atoms with van der Waals surface area (Å²) >= 11 is 0. The third-order valence-electron chi connectivity index (χ3n) is 3.00. The maximum absolute atomic E-state index is 11.9. The van der Waals surface area contributed by atoms with Crippen molar-refractivity contribution in [2.24, 2.45) is 0 Å². The van der Waals surface area contributed by atoms with Crippen molar-refractivity contribution in [3.8, 4) is 0 Å². The Balaban J connectivity index is 2.52. The Hall–Kier alpha value is -1.64. The quantitative estimate of drug-likeness (QED) is 0.621. The van der Waals surface area contributed by atoms with Crippen LogP contribution in [0.3, 0.4) is 0 Å². The van der Waals surface area contributed by atoms with Gasteiger partial charge in [-0.25, -0.2) is 0 Å². The molecule has 0 saturated carbocycles. The highest BCUT2D eigenvalue weighted by molar-refractivity contribution is 7.87. The Kier molecular flexibility index (Phi) is 6.60. The Bertz CT molecular complexity index is 553. The van der Waals surface area contributed by atoms with Gasteiger partial charge >= 0.3 is 10.3 Å². The fourth-order valence-corrected chi connectivity index (χ4v) is 2.24. The number of rotatable bonds is 8. The van der Waals surface area contributed by atoms with E-state index < -0.39 is 10.3 Å². The minimum Gasteiger partial charge on any atom is -0.351 e. The molecule has 118 valence electrons. The third-order valence-corrected chi connectivity index (χ3v) is 3.50. The first-order chi connectivity index (χ1) is 9.85. The molecule has 0 aliphatic heterocycles. The molecule has 0 fully saturated rings. The predicted molar refractivity (Wildman–Crippen MR) is 81.7 cm³/mol. The second-order valence-electron chi connectivity index (χ2n) is 4.44. The zero-order valence-corrected chi connectivity index (χ0v) is 13.0. The van der Waals surface area contributed by atoms with E-state index in [1.807, 2.05) is 4.72 Å². The summed E-state index contributed by atoms with van der Waals surface area (Å²) in [7, 11) is -4.30. The van der Waals surface area contributed by atoms with Crippen LogP contribution in [0.5, 0.6) is 0 Å². The number of hydrogen-bond acceptors (Lipinski definition) is 4. The molecule has 7 nitrogen and oxygen atoms in total. The Labute approximate surface area is 125 Å². The van der Waals surface area contributed by atoms with Crippen LogP contribution in [0.1, 0.15) is 24.2 Å². The molecule has 0 radical (unpaired) electrons. The van der Waals surface area contributed by atoms with E-state index in [0.29, 0.717) is 12.1 Å². The monoisotopic (exact) mass is 315 g/mol. The zero-order chi connectivity index (χ0) is 15.9. The molecule has 0 bridgehead atoms. The predicted octanol–water partition coefficient (Wildman–Crippen LogP) is 0.973. The van der Waals surface area contributed by atoms with E-state index in [1.54, 1.807) is 0 Å². The molecule has 8 heteroatoms. The van der Waals surface area contributed by atoms with Gasteiger partial charge in [0, 0.05) is 18.7 Å². The minimum atomic E-state index is -4.30. The van der Waals surface area contributed by atoms with E-state index in [9.17, 15) is 13.2 Å². The van der Waals surface area contributed by atoms with Crippen LogP contribution in [0.4, 0.5) is 5.69 Å². The maximum Gasteiger partial charge on any atom is 0.357 e. The average molecular weight is 315 g/mol. The summed E-state index contributed by atoms with van der Waals surface area (Å²) < 4.78 is 31.8. The molecule has 1 aromatic rings. The molecule has 0 aromatic heterocycles. The second-order valence-corrected chi connectivity index (χ2v) is 5.59. The van der Waals surface area contributed by atoms with Crippen LogP contribution in [0.15, 0.2) is 24.3 Å². The smallest absolute Gasteiger partial charge is 0.351 e. The Morgan fingerprint density at radius 2 is 1.76 bits per heavy atom. The second kappa shape index (κ2) is 7.96. The van der Waals surface area contributed by atoms with Gasteiger partial charge in [0.25, 0.3) is 5.91 Å². The number of anilines is 1. The van der Waals surface area contributed by atoms with Gasteiger partial charge in [0.05, 0.1) is 5.69 Å². The van der Waals surface area contributed by atoms with Gasteiger partial charge in [0.2, 0.25) is 0 Å². The van der Waals surface area contributed by atoms with Crippen LogP contribution in [0.25, 0.3) is 0 Å². The van der Waals surface area contributed by atoms with Gasteiger partial charge in [0.1, 0.15) is 0 Å². The maximum atomic E-state index is 11.9. The molecule has 1 amide bonds. The van der Waals surface area contributed by atoms with Gasteiger partial charge in [-0.15, -0.1) is 0 Å². The van der Waals surface area contributed by atoms with Crippen molar-refractivity contribution in [3.05, 3.63) is 29.8 Å². The number of amides is 1. The number of carbonyl (C=O) groups is 1. The SMILES string of the molecule is CCN(CC)CCNC(=O)c1ccc(NS(=O)(=O)O)cc1. The van der Waals surface area contributed by atoms with Crippen LogP contribution in [0.2, 0.25) is 0 Å². The normalized spacial score (nSPS) is 11.4. The van der Waals surface area contributed by atoms with E-state index in [1.165, 1.54) is 24.3 Å². The van der Waals surface area contributed by atoms with Crippen molar-refractivity contribution >= 4 is 21.9 Å². The van der Waals surface area contributed by atoms with E-state index in [2.05, 4.69) is 24.1 Å². The molecule has 0 heterocycles. The van der Waals surface area contributed by atoms with Crippen LogP contribution in [0, 0.1) is 0 Å². The van der Waals surface area contributed by atoms with Crippen molar-refractivity contribution in [1.82, 2.24) is 10.2 Å². The number of nitrogens with one attached hydrogen (secondary N) is 2. The molecule has 0 saturated heterocycles. The highest BCUT2D eigenvalue weighted by Gasteiger charge is 2.08. The molecule has 1 aromatic carbocycles. The van der Waals surface area contributed by atoms with Crippen LogP contribution in [-0.4, -0.2) is 50.0 Å². The number of hydrogen-bond donors (Lipinski definition) is 3. The lowest BCUT2D eigenvalue weighted by molar-refractivity contribution is 0.0949. The van der Waals surface area contributed by atoms with Crippen LogP contribution >= 0.6 is 0 Å². The molecule has 0 aliphatic rings. The van der Waals surface area contributed by atoms with E-state index in [-0.39, 0.29) is 11.6 Å². The summed E-state index contributed by atoms with van der Waals surface area (Å²) in [6.07, 6.45) is 0. The van der Waals surface area contributed by atoms with Crippen LogP contribution in [-0.2, 0) is 10.3 Å². The first-order valence-electron chi connectivity index (χ1n) is 6.71. The van der Waals surface area contributed by atoms with E-state index >= 15 is 0 Å². The van der Waals surface area contributed by atoms with Gasteiger partial charge in [-0.3, -0.25) is 14.1 Å². The lowest BCUT2D eigenvalue weighted by atomic mass is 10.2. The van der Waals surface area contributed by atoms with Gasteiger partial charge in [-0.05, 0) is 37.4 Å². The third kappa shape index (κ3) is 6.56. The van der Waals surface area contributed by atoms with Gasteiger partial charge in [-0.2, -0.15) is 8.42 Å². The molecule has 1 rings (SSSR count). The zero-order valence-electron chi connectivity index (χ0n) is 12.2. The van der Waals surface area contributed by atoms with Crippen molar-refractivity contribution in [2.45, 2.75) is 13.8 Å². The Morgan fingerprint density at radius 3 is 2.24 bits per heavy atom. The number of nitrogens with zero attached hydrogens (tertiary/aromatic N) is 1. The first kappa shape index (κ1) is 17.4. The summed E-state index contributed by atoms with van der Waals surface area (Å²) in [6.45, 7) is 7.32. The summed E-state index contributed by atoms with van der Waals surface area (Å²) in [5.41, 5.74) is 0.618. The molecular formula is C13H21N3O4S. The van der Waals surface area contributed by atoms with Crippen molar-refractivity contribution in [1.29, 1.82) is 0 Å². The molecule has 0 aliphatic carbocycles. The Morgan fingerprint density at radius 1 is 1.19 bits per heavy atom. The van der Waals surface area contributed by atoms with Gasteiger partial charge < -0.3 is 10.2 Å². The lowest BCUT2D eigenvalue weighted by Gasteiger charge is -2.17. The largest absolute Gasteiger partial charge is 0.357 e. The average Bonchev–Trinajstić information content (AvgIpc) is 2.42. The highest BCUT2D eigenvalue weighted by atomic mass is 32.2. The number of likely N-dealkylation sites (N-methyl/N-ethyl adjacent to an activating group) is 1. The molecule has 0 unspecified atom stereocenters. The number of benzene rings is 1. The minimum absolute atomic E-state index is 0.192. The molecule has 3 N–H and O–H groups in total. The van der Waals surface area contributed by atoms with Crippen molar-refractivity contribution in [2.75, 3.05) is 30.9 Å². The highest BCUT2D eigenvalue weighted by Crippen LogP contribution is 2.10. The standard InChI is InChI=1S/C13H21N3O4S/c1-3-16(4-2)10-9-14-13(17)11-5-7-12(8-6-11)15-21(18,19)20/h5-8,15H,3-4,9-10H2,1-2H3,(H,14,17)(H,18,19,20). The molecule has 0 spiro atoms. The molecule has 21 heavy (non-hydrogen) atoms. The first-order valence-corrected chi connectivity index (χ1v) is 8.15. The summed E-state index contributed by atoms with van der Waals surface area (Å²) in [6, 6.07) is 5.79. The van der Waals surface area contributed by atoms with E-state index in [0.717, 1.165) is 19.6 Å². The fraction of sp³-hybridized carbons (Fsp3) is 0.462. The van der Waals surface area contributed by atoms with Gasteiger partial charge in [0.15, 0.2) is 0 Å². The lowest BCUT2D eigenvalue weighted by Crippen LogP contribution is -2.34.